The molecular weight excluding hydrogens is 148 g/mol. The third-order valence-corrected chi connectivity index (χ3v) is 1.44. The zero-order valence-corrected chi connectivity index (χ0v) is 5.67. The van der Waals surface area contributed by atoms with Gasteiger partial charge in [0.15, 0.2) is 8.47 Å². The van der Waals surface area contributed by atoms with Gasteiger partial charge in [0, 0.05) is 0 Å². The lowest BCUT2D eigenvalue weighted by Gasteiger charge is -1.84. The lowest BCUT2D eigenvalue weighted by molar-refractivity contribution is 1.18. The molecule has 0 aliphatic carbocycles. The predicted molar refractivity (Wildman–Crippen MR) is 39.1 cm³/mol. The molecule has 2 heterocycles. The monoisotopic (exact) mass is 154 g/mol. The van der Waals surface area contributed by atoms with Crippen molar-refractivity contribution in [3.63, 3.8) is 0 Å². The summed E-state index contributed by atoms with van der Waals surface area (Å²) in [6.07, 6.45) is 2.55. The molecule has 0 radical (unpaired) electrons. The van der Waals surface area contributed by atoms with Crippen molar-refractivity contribution in [2.45, 2.75) is 0 Å². The normalized spacial score (nSPS) is 13.2. The van der Waals surface area contributed by atoms with Crippen LogP contribution in [0.3, 0.4) is 0 Å². The highest BCUT2D eigenvalue weighted by atomic mass is 32.1. The lowest BCUT2D eigenvalue weighted by atomic mass is 10.6. The van der Waals surface area contributed by atoms with Gasteiger partial charge < -0.3 is 9.95 Å². The van der Waals surface area contributed by atoms with Crippen LogP contribution in [-0.4, -0.2) is 19.9 Å². The third kappa shape index (κ3) is 0.640. The maximum atomic E-state index is 7.29. The number of hydrogen-bond donors (Lipinski definition) is 2. The molecule has 10 heavy (non-hydrogen) atoms. The van der Waals surface area contributed by atoms with Crippen LogP contribution in [0.4, 0.5) is 0 Å². The van der Waals surface area contributed by atoms with E-state index in [0.29, 0.717) is 11.2 Å². The highest BCUT2D eigenvalue weighted by Gasteiger charge is 1.95. The molecule has 0 saturated carbocycles. The van der Waals surface area contributed by atoms with Gasteiger partial charge in [-0.1, -0.05) is 12.2 Å². The van der Waals surface area contributed by atoms with Gasteiger partial charge in [0.05, 0.1) is 12.7 Å². The van der Waals surface area contributed by atoms with Crippen molar-refractivity contribution >= 4 is 23.4 Å². The van der Waals surface area contributed by atoms with Crippen LogP contribution in [0.1, 0.15) is 0 Å². The molecule has 2 aromatic heterocycles. The first-order chi connectivity index (χ1) is 5.70. The van der Waals surface area contributed by atoms with Crippen LogP contribution in [-0.2, 0) is 0 Å². The fourth-order valence-electron chi connectivity index (χ4n) is 0.703. The van der Waals surface area contributed by atoms with Crippen molar-refractivity contribution in [3.05, 3.63) is 17.3 Å². The largest absolute Gasteiger partial charge is 0.335 e. The Balaban J connectivity index is 3.03. The van der Waals surface area contributed by atoms with Gasteiger partial charge in [0.2, 0.25) is 0 Å². The van der Waals surface area contributed by atoms with Gasteiger partial charge in [-0.25, -0.2) is 9.97 Å². The third-order valence-electron chi connectivity index (χ3n) is 1.14. The number of hydrogen-bond acceptors (Lipinski definition) is 3. The van der Waals surface area contributed by atoms with E-state index in [0.717, 1.165) is 9.95 Å². The summed E-state index contributed by atoms with van der Waals surface area (Å²) in [6.45, 7) is 0. The lowest BCUT2D eigenvalue weighted by Crippen LogP contribution is -1.80. The van der Waals surface area contributed by atoms with Gasteiger partial charge in [-0.15, -0.1) is 0 Å². The predicted octanol–water partition coefficient (Wildman–Crippen LogP) is 1.02. The Morgan fingerprint density at radius 2 is 2.20 bits per heavy atom. The van der Waals surface area contributed by atoms with Crippen molar-refractivity contribution in [1.82, 2.24) is 19.9 Å². The van der Waals surface area contributed by atoms with E-state index in [1.807, 2.05) is 0 Å². The Kier molecular flexibility index (Phi) is 0.718. The molecule has 0 atom stereocenters. The molecule has 0 aliphatic rings. The molecule has 4 nitrogen and oxygen atoms in total. The average Bonchev–Trinajstić information content (AvgIpc) is 2.41. The standard InChI is InChI=1S/C5H4N4S/c10-5-3-4(7-1-6-3)8-2-9-5/h1-2H,(H2,6,7,8,9,10)/i/hD2. The summed E-state index contributed by atoms with van der Waals surface area (Å²) in [6, 6.07) is 0. The van der Waals surface area contributed by atoms with Crippen molar-refractivity contribution < 1.29 is 2.82 Å². The van der Waals surface area contributed by atoms with E-state index in [9.17, 15) is 0 Å². The number of nitrogens with one attached hydrogen (secondary N) is 2. The molecule has 2 N–H and O–H groups in total. The van der Waals surface area contributed by atoms with Gasteiger partial charge in [-0.3, -0.25) is 0 Å². The summed E-state index contributed by atoms with van der Waals surface area (Å²) in [5, 5.41) is 0. The summed E-state index contributed by atoms with van der Waals surface area (Å²) in [4.78, 5) is 9.64. The maximum absolute atomic E-state index is 7.29. The fourth-order valence-corrected chi connectivity index (χ4v) is 0.894. The SMILES string of the molecule is [2H]n1cnc2c(ncn2[2H])c1=S. The molecule has 2 aromatic rings. The molecule has 0 bridgehead atoms. The number of rotatable bonds is 0. The van der Waals surface area contributed by atoms with Gasteiger partial charge in [-0.05, 0) is 0 Å². The molecule has 0 saturated heterocycles. The topological polar surface area (TPSA) is 57.4 Å². The van der Waals surface area contributed by atoms with Gasteiger partial charge >= 0.3 is 0 Å². The summed E-state index contributed by atoms with van der Waals surface area (Å²) >= 11 is 4.88. The number of fused-ring (bicyclic) bond motifs is 1. The summed E-state index contributed by atoms with van der Waals surface area (Å²) in [5.74, 6) is 0. The van der Waals surface area contributed by atoms with Crippen LogP contribution < -0.4 is 0 Å². The number of imidazole rings is 1. The van der Waals surface area contributed by atoms with Crippen LogP contribution in [0.25, 0.3) is 11.2 Å². The number of H-pyrrole nitrogens is 2. The van der Waals surface area contributed by atoms with Crippen LogP contribution in [0.5, 0.6) is 0 Å². The van der Waals surface area contributed by atoms with E-state index in [2.05, 4.69) is 9.97 Å². The molecule has 2 rings (SSSR count). The number of nitrogens with zero attached hydrogens (tertiary/aromatic N) is 2. The molecule has 50 valence electrons. The highest BCUT2D eigenvalue weighted by molar-refractivity contribution is 7.71. The molecule has 0 amide bonds. The van der Waals surface area contributed by atoms with E-state index in [1.165, 1.54) is 12.7 Å². The average molecular weight is 154 g/mol. The summed E-state index contributed by atoms with van der Waals surface area (Å²) in [7, 11) is 0. The van der Waals surface area contributed by atoms with Crippen LogP contribution in [0.2, 0.25) is 2.82 Å². The maximum Gasteiger partial charge on any atom is 0.169 e. The van der Waals surface area contributed by atoms with Crippen LogP contribution >= 0.6 is 12.2 Å². The second-order valence-corrected chi connectivity index (χ2v) is 2.11. The van der Waals surface area contributed by atoms with E-state index in [1.54, 1.807) is 0 Å². The minimum atomic E-state index is 0.269. The number of aromatic nitrogens is 4. The molecule has 0 aromatic carbocycles. The molecular formula is C5H4N4S. The van der Waals surface area contributed by atoms with Crippen LogP contribution in [0.15, 0.2) is 12.7 Å². The Labute approximate surface area is 64.3 Å². The van der Waals surface area contributed by atoms with E-state index in [4.69, 9.17) is 15.0 Å². The minimum absolute atomic E-state index is 0.269. The second-order valence-electron chi connectivity index (χ2n) is 1.72. The quantitative estimate of drug-likeness (QED) is 0.557. The first-order valence-electron chi connectivity index (χ1n) is 3.53. The molecule has 0 fully saturated rings. The second kappa shape index (κ2) is 1.88. The first-order valence-corrected chi connectivity index (χ1v) is 3.04. The Bertz CT molecular complexity index is 488. The van der Waals surface area contributed by atoms with E-state index < -0.39 is 0 Å². The first kappa shape index (κ1) is 3.82. The van der Waals surface area contributed by atoms with Gasteiger partial charge in [-0.2, -0.15) is 0 Å². The van der Waals surface area contributed by atoms with Crippen molar-refractivity contribution in [2.75, 3.05) is 0 Å². The van der Waals surface area contributed by atoms with Gasteiger partial charge in [0.25, 0.3) is 0 Å². The van der Waals surface area contributed by atoms with Crippen molar-refractivity contribution in [1.29, 1.82) is 0 Å². The Morgan fingerprint density at radius 3 is 3.10 bits per heavy atom. The van der Waals surface area contributed by atoms with Gasteiger partial charge in [0.1, 0.15) is 10.2 Å². The zero-order chi connectivity index (χ0) is 8.72. The van der Waals surface area contributed by atoms with Crippen molar-refractivity contribution in [3.8, 4) is 0 Å². The van der Waals surface area contributed by atoms with Crippen molar-refractivity contribution in [2.24, 2.45) is 0 Å². The minimum Gasteiger partial charge on any atom is -0.335 e. The molecule has 0 unspecified atom stereocenters. The Hall–Kier alpha value is -1.23. The smallest absolute Gasteiger partial charge is 0.169 e. The highest BCUT2D eigenvalue weighted by Crippen LogP contribution is 2.02. The Morgan fingerprint density at radius 1 is 1.40 bits per heavy atom. The van der Waals surface area contributed by atoms with Crippen LogP contribution in [0, 0.1) is 4.64 Å². The number of aromatic amines is 2. The fraction of sp³-hybridized carbons (Fsp3) is 0. The van der Waals surface area contributed by atoms with E-state index in [-0.39, 0.29) is 4.64 Å². The van der Waals surface area contributed by atoms with E-state index >= 15 is 0 Å². The zero-order valence-electron chi connectivity index (χ0n) is 6.85. The molecule has 0 aliphatic heterocycles. The molecule has 5 heteroatoms. The molecule has 0 spiro atoms. The summed E-state index contributed by atoms with van der Waals surface area (Å²) < 4.78 is 14.8. The summed E-state index contributed by atoms with van der Waals surface area (Å²) in [5.41, 5.74) is 0.793.